The molecule has 7 nitrogen and oxygen atoms in total. The van der Waals surface area contributed by atoms with Gasteiger partial charge < -0.3 is 9.73 Å². The lowest BCUT2D eigenvalue weighted by atomic mass is 10.2. The third-order valence-corrected chi connectivity index (χ3v) is 4.97. The van der Waals surface area contributed by atoms with E-state index in [1.165, 1.54) is 11.8 Å². The van der Waals surface area contributed by atoms with E-state index in [0.717, 1.165) is 5.56 Å². The van der Waals surface area contributed by atoms with Gasteiger partial charge in [0.25, 0.3) is 5.91 Å². The van der Waals surface area contributed by atoms with Gasteiger partial charge in [-0.25, -0.2) is 9.97 Å². The molecule has 146 valence electrons. The zero-order chi connectivity index (χ0) is 20.2. The quantitative estimate of drug-likeness (QED) is 0.381. The summed E-state index contributed by atoms with van der Waals surface area (Å²) in [5.41, 5.74) is 2.15. The highest BCUT2D eigenvalue weighted by atomic mass is 32.2. The van der Waals surface area contributed by atoms with Crippen LogP contribution in [-0.2, 0) is 6.54 Å². The van der Waals surface area contributed by atoms with Crippen LogP contribution in [0.15, 0.2) is 70.4 Å². The van der Waals surface area contributed by atoms with E-state index in [1.807, 2.05) is 42.8 Å². The van der Waals surface area contributed by atoms with Gasteiger partial charge in [0.15, 0.2) is 17.4 Å². The van der Waals surface area contributed by atoms with Crippen LogP contribution in [-0.4, -0.2) is 31.9 Å². The van der Waals surface area contributed by atoms with Gasteiger partial charge in [0.05, 0.1) is 24.1 Å². The third-order valence-electron chi connectivity index (χ3n) is 4.29. The zero-order valence-corrected chi connectivity index (χ0v) is 16.8. The fourth-order valence-electron chi connectivity index (χ4n) is 2.94. The number of rotatable bonds is 6. The molecule has 1 aromatic carbocycles. The van der Waals surface area contributed by atoms with Gasteiger partial charge in [0, 0.05) is 12.3 Å². The Bertz CT molecular complexity index is 1120. The minimum absolute atomic E-state index is 0.289. The molecule has 1 N–H and O–H groups in total. The second-order valence-corrected chi connectivity index (χ2v) is 7.13. The average Bonchev–Trinajstić information content (AvgIpc) is 3.40. The van der Waals surface area contributed by atoms with Crippen LogP contribution in [0.1, 0.15) is 21.6 Å². The van der Waals surface area contributed by atoms with Crippen LogP contribution in [0, 0.1) is 6.92 Å². The van der Waals surface area contributed by atoms with E-state index in [4.69, 9.17) is 4.42 Å². The third kappa shape index (κ3) is 4.22. The number of hydrogen-bond donors (Lipinski definition) is 1. The molecule has 29 heavy (non-hydrogen) atoms. The van der Waals surface area contributed by atoms with Gasteiger partial charge in [0.2, 0.25) is 0 Å². The molecule has 1 amide bonds. The summed E-state index contributed by atoms with van der Waals surface area (Å²) >= 11 is 1.39. The topological polar surface area (TPSA) is 85.8 Å². The van der Waals surface area contributed by atoms with Crippen LogP contribution in [0.5, 0.6) is 0 Å². The lowest BCUT2D eigenvalue weighted by Gasteiger charge is -2.10. The van der Waals surface area contributed by atoms with E-state index in [1.54, 1.807) is 36.1 Å². The molecule has 0 aliphatic carbocycles. The summed E-state index contributed by atoms with van der Waals surface area (Å²) in [5.74, 6) is 1.21. The van der Waals surface area contributed by atoms with E-state index in [9.17, 15) is 4.79 Å². The molecule has 8 heteroatoms. The second-order valence-electron chi connectivity index (χ2n) is 6.33. The summed E-state index contributed by atoms with van der Waals surface area (Å²) in [7, 11) is 0. The predicted octanol–water partition coefficient (Wildman–Crippen LogP) is 4.26. The van der Waals surface area contributed by atoms with Crippen LogP contribution < -0.4 is 5.32 Å². The smallest absolute Gasteiger partial charge is 0.261 e. The fraction of sp³-hybridized carbons (Fsp3) is 0.143. The summed E-state index contributed by atoms with van der Waals surface area (Å²) in [6.07, 6.45) is 5.28. The first kappa shape index (κ1) is 18.9. The van der Waals surface area contributed by atoms with E-state index in [0.29, 0.717) is 40.2 Å². The summed E-state index contributed by atoms with van der Waals surface area (Å²) < 4.78 is 7.16. The second kappa shape index (κ2) is 8.32. The van der Waals surface area contributed by atoms with Gasteiger partial charge in [-0.15, -0.1) is 11.8 Å². The molecule has 0 radical (unpaired) electrons. The van der Waals surface area contributed by atoms with Crippen LogP contribution in [0.2, 0.25) is 0 Å². The van der Waals surface area contributed by atoms with Gasteiger partial charge in [-0.05, 0) is 30.9 Å². The van der Waals surface area contributed by atoms with Crippen molar-refractivity contribution in [2.75, 3.05) is 11.6 Å². The van der Waals surface area contributed by atoms with Crippen molar-refractivity contribution in [3.63, 3.8) is 0 Å². The fourth-order valence-corrected chi connectivity index (χ4v) is 3.56. The molecule has 0 spiro atoms. The van der Waals surface area contributed by atoms with Crippen molar-refractivity contribution in [3.05, 3.63) is 77.8 Å². The highest BCUT2D eigenvalue weighted by Gasteiger charge is 2.20. The molecule has 0 bridgehead atoms. The number of hydrogen-bond acceptors (Lipinski definition) is 6. The van der Waals surface area contributed by atoms with Crippen LogP contribution in [0.25, 0.3) is 11.6 Å². The number of anilines is 1. The van der Waals surface area contributed by atoms with E-state index in [2.05, 4.69) is 20.4 Å². The molecular weight excluding hydrogens is 386 g/mol. The Morgan fingerprint density at radius 2 is 1.97 bits per heavy atom. The SMILES string of the molecule is CSc1nc(-c2ccco2)nc(C)c1C(=O)Nc1ccn(Cc2ccccc2)n1. The lowest BCUT2D eigenvalue weighted by Crippen LogP contribution is -2.17. The van der Waals surface area contributed by atoms with Crippen LogP contribution in [0.4, 0.5) is 5.82 Å². The Kier molecular flexibility index (Phi) is 5.44. The molecule has 0 atom stereocenters. The van der Waals surface area contributed by atoms with Gasteiger partial charge in [-0.2, -0.15) is 5.10 Å². The summed E-state index contributed by atoms with van der Waals surface area (Å²) in [6.45, 7) is 2.42. The van der Waals surface area contributed by atoms with Crippen molar-refractivity contribution in [3.8, 4) is 11.6 Å². The largest absolute Gasteiger partial charge is 0.461 e. The molecule has 0 aliphatic heterocycles. The van der Waals surface area contributed by atoms with Crippen molar-refractivity contribution in [1.82, 2.24) is 19.7 Å². The molecule has 3 aromatic heterocycles. The van der Waals surface area contributed by atoms with Crippen molar-refractivity contribution >= 4 is 23.5 Å². The molecule has 0 aliphatic rings. The van der Waals surface area contributed by atoms with Crippen LogP contribution >= 0.6 is 11.8 Å². The Labute approximate surface area is 172 Å². The summed E-state index contributed by atoms with van der Waals surface area (Å²) in [6, 6.07) is 15.4. The van der Waals surface area contributed by atoms with E-state index in [-0.39, 0.29) is 5.91 Å². The van der Waals surface area contributed by atoms with E-state index >= 15 is 0 Å². The number of aromatic nitrogens is 4. The number of nitrogens with zero attached hydrogens (tertiary/aromatic N) is 4. The number of nitrogens with one attached hydrogen (secondary N) is 1. The van der Waals surface area contributed by atoms with Gasteiger partial charge in [-0.1, -0.05) is 30.3 Å². The van der Waals surface area contributed by atoms with Crippen LogP contribution in [0.3, 0.4) is 0 Å². The molecule has 4 aromatic rings. The minimum Gasteiger partial charge on any atom is -0.461 e. The standard InChI is InChI=1S/C21H19N5O2S/c1-14-18(21(29-2)24-19(22-14)16-9-6-12-28-16)20(27)23-17-10-11-26(25-17)13-15-7-4-3-5-8-15/h3-12H,13H2,1-2H3,(H,23,25,27). The zero-order valence-electron chi connectivity index (χ0n) is 16.0. The Morgan fingerprint density at radius 3 is 2.69 bits per heavy atom. The maximum Gasteiger partial charge on any atom is 0.261 e. The highest BCUT2D eigenvalue weighted by molar-refractivity contribution is 7.98. The number of carbonyl (C=O) groups excluding carboxylic acids is 1. The number of aryl methyl sites for hydroxylation is 1. The van der Waals surface area contributed by atoms with Crippen molar-refractivity contribution in [2.45, 2.75) is 18.5 Å². The molecule has 0 unspecified atom stereocenters. The highest BCUT2D eigenvalue weighted by Crippen LogP contribution is 2.25. The molecule has 0 fully saturated rings. The Hall–Kier alpha value is -3.39. The first-order chi connectivity index (χ1) is 14.1. The number of amides is 1. The average molecular weight is 405 g/mol. The number of furan rings is 1. The molecule has 4 rings (SSSR count). The number of benzene rings is 1. The van der Waals surface area contributed by atoms with Crippen molar-refractivity contribution < 1.29 is 9.21 Å². The van der Waals surface area contributed by atoms with E-state index < -0.39 is 0 Å². The first-order valence-corrected chi connectivity index (χ1v) is 10.2. The minimum atomic E-state index is -0.289. The lowest BCUT2D eigenvalue weighted by molar-refractivity contribution is 0.102. The monoisotopic (exact) mass is 405 g/mol. The van der Waals surface area contributed by atoms with Gasteiger partial charge >= 0.3 is 0 Å². The molecular formula is C21H19N5O2S. The maximum absolute atomic E-state index is 12.9. The van der Waals surface area contributed by atoms with Gasteiger partial charge in [-0.3, -0.25) is 9.48 Å². The Morgan fingerprint density at radius 1 is 1.14 bits per heavy atom. The van der Waals surface area contributed by atoms with Gasteiger partial charge in [0.1, 0.15) is 5.03 Å². The molecule has 3 heterocycles. The summed E-state index contributed by atoms with van der Waals surface area (Å²) in [5, 5.41) is 7.87. The number of carbonyl (C=O) groups is 1. The first-order valence-electron chi connectivity index (χ1n) is 8.99. The number of thioether (sulfide) groups is 1. The predicted molar refractivity (Wildman–Crippen MR) is 112 cm³/mol. The summed E-state index contributed by atoms with van der Waals surface area (Å²) in [4.78, 5) is 21.8. The normalized spacial score (nSPS) is 10.8. The maximum atomic E-state index is 12.9. The van der Waals surface area contributed by atoms with Crippen molar-refractivity contribution in [1.29, 1.82) is 0 Å². The molecule has 0 saturated carbocycles. The van der Waals surface area contributed by atoms with Crippen molar-refractivity contribution in [2.24, 2.45) is 0 Å². The Balaban J connectivity index is 1.54. The molecule has 0 saturated heterocycles.